The van der Waals surface area contributed by atoms with Gasteiger partial charge in [-0.15, -0.1) is 0 Å². The summed E-state index contributed by atoms with van der Waals surface area (Å²) in [4.78, 5) is 10.1. The molecule has 0 aromatic rings. The Labute approximate surface area is 72.3 Å². The average Bonchev–Trinajstić information content (AvgIpc) is 2.29. The molecule has 1 aliphatic heterocycles. The fourth-order valence-corrected chi connectivity index (χ4v) is 1.33. The van der Waals surface area contributed by atoms with E-state index in [1.807, 2.05) is 0 Å². The van der Waals surface area contributed by atoms with Crippen LogP contribution in [-0.2, 0) is 14.3 Å². The van der Waals surface area contributed by atoms with Gasteiger partial charge in [0.25, 0.3) is 0 Å². The molecule has 0 amide bonds. The van der Waals surface area contributed by atoms with Crippen LogP contribution in [0.1, 0.15) is 6.42 Å². The second-order valence-corrected chi connectivity index (χ2v) is 2.73. The van der Waals surface area contributed by atoms with E-state index in [-0.39, 0.29) is 6.42 Å². The molecule has 0 spiro atoms. The summed E-state index contributed by atoms with van der Waals surface area (Å²) in [5.41, 5.74) is 0. The number of methoxy groups -OCH3 is 1. The number of ether oxygens (including phenoxy) is 2. The van der Waals surface area contributed by atoms with Crippen LogP contribution >= 0.6 is 0 Å². The van der Waals surface area contributed by atoms with Gasteiger partial charge in [-0.1, -0.05) is 0 Å². The summed E-state index contributed by atoms with van der Waals surface area (Å²) in [5, 5.41) is 9.46. The van der Waals surface area contributed by atoms with E-state index < -0.39 is 24.3 Å². The van der Waals surface area contributed by atoms with E-state index in [0.29, 0.717) is 6.29 Å². The van der Waals surface area contributed by atoms with Crippen LogP contribution in [0.5, 0.6) is 0 Å². The zero-order chi connectivity index (χ0) is 9.14. The third-order valence-electron chi connectivity index (χ3n) is 1.97. The highest BCUT2D eigenvalue weighted by Gasteiger charge is 2.40. The van der Waals surface area contributed by atoms with Crippen molar-refractivity contribution < 1.29 is 19.4 Å². The number of rotatable bonds is 3. The lowest BCUT2D eigenvalue weighted by Crippen LogP contribution is -2.34. The number of hydrogen-bond donors (Lipinski definition) is 1. The Kier molecular flexibility index (Phi) is 3.25. The largest absolute Gasteiger partial charge is 0.388 e. The molecule has 0 unspecified atom stereocenters. The van der Waals surface area contributed by atoms with E-state index in [2.05, 4.69) is 0 Å². The molecule has 2 radical (unpaired) electrons. The third-order valence-corrected chi connectivity index (χ3v) is 1.97. The van der Waals surface area contributed by atoms with Crippen molar-refractivity contribution in [3.05, 3.63) is 0 Å². The Morgan fingerprint density at radius 2 is 2.42 bits per heavy atom. The molecule has 1 aliphatic rings. The van der Waals surface area contributed by atoms with E-state index in [0.717, 1.165) is 0 Å². The van der Waals surface area contributed by atoms with Gasteiger partial charge in [-0.25, -0.2) is 0 Å². The zero-order valence-electron chi connectivity index (χ0n) is 6.84. The number of carbonyl (C=O) groups is 1. The predicted octanol–water partition coefficient (Wildman–Crippen LogP) is -1.16. The van der Waals surface area contributed by atoms with Crippen LogP contribution in [0.3, 0.4) is 0 Å². The minimum absolute atomic E-state index is 0.148. The van der Waals surface area contributed by atoms with Crippen molar-refractivity contribution in [2.75, 3.05) is 7.11 Å². The Morgan fingerprint density at radius 1 is 1.75 bits per heavy atom. The molecule has 0 aromatic carbocycles. The van der Waals surface area contributed by atoms with Crippen molar-refractivity contribution in [3.63, 3.8) is 0 Å². The SMILES string of the molecule is [B][C@@H]1O[C@H](CC=O)[C@@H](O)[C@H]1OC. The first-order valence-corrected chi connectivity index (χ1v) is 3.76. The summed E-state index contributed by atoms with van der Waals surface area (Å²) in [7, 11) is 6.92. The van der Waals surface area contributed by atoms with Crippen molar-refractivity contribution >= 4 is 14.1 Å². The first-order valence-electron chi connectivity index (χ1n) is 3.76. The molecule has 0 aromatic heterocycles. The van der Waals surface area contributed by atoms with Crippen molar-refractivity contribution in [3.8, 4) is 0 Å². The van der Waals surface area contributed by atoms with Crippen LogP contribution in [0.15, 0.2) is 0 Å². The molecular weight excluding hydrogens is 159 g/mol. The number of aliphatic hydroxyl groups is 1. The van der Waals surface area contributed by atoms with Gasteiger partial charge in [-0.05, 0) is 0 Å². The smallest absolute Gasteiger partial charge is 0.122 e. The minimum Gasteiger partial charge on any atom is -0.388 e. The van der Waals surface area contributed by atoms with E-state index in [9.17, 15) is 9.90 Å². The molecule has 12 heavy (non-hydrogen) atoms. The van der Waals surface area contributed by atoms with Crippen LogP contribution in [0.4, 0.5) is 0 Å². The summed E-state index contributed by atoms with van der Waals surface area (Å²) >= 11 is 0. The molecule has 0 bridgehead atoms. The molecule has 1 N–H and O–H groups in total. The average molecular weight is 170 g/mol. The molecule has 1 rings (SSSR count). The quantitative estimate of drug-likeness (QED) is 0.429. The fraction of sp³-hybridized carbons (Fsp3) is 0.857. The second kappa shape index (κ2) is 4.02. The van der Waals surface area contributed by atoms with Crippen molar-refractivity contribution in [1.29, 1.82) is 0 Å². The van der Waals surface area contributed by atoms with Gasteiger partial charge >= 0.3 is 0 Å². The highest BCUT2D eigenvalue weighted by atomic mass is 16.6. The van der Waals surface area contributed by atoms with Crippen LogP contribution in [0.25, 0.3) is 0 Å². The third kappa shape index (κ3) is 1.68. The van der Waals surface area contributed by atoms with Gasteiger partial charge in [0.1, 0.15) is 26.3 Å². The number of carbonyl (C=O) groups excluding carboxylic acids is 1. The van der Waals surface area contributed by atoms with Crippen molar-refractivity contribution in [1.82, 2.24) is 0 Å². The minimum atomic E-state index is -0.810. The molecular formula is C7H11BO4. The Bertz CT molecular complexity index is 163. The molecule has 1 heterocycles. The molecule has 4 nitrogen and oxygen atoms in total. The number of aliphatic hydroxyl groups excluding tert-OH is 1. The molecule has 0 saturated carbocycles. The molecule has 66 valence electrons. The first kappa shape index (κ1) is 9.70. The maximum atomic E-state index is 10.1. The molecule has 0 aliphatic carbocycles. The predicted molar refractivity (Wildman–Crippen MR) is 41.9 cm³/mol. The normalized spacial score (nSPS) is 41.5. The lowest BCUT2D eigenvalue weighted by atomic mass is 9.92. The Hall–Kier alpha value is -0.385. The van der Waals surface area contributed by atoms with Gasteiger partial charge in [0.05, 0.1) is 6.10 Å². The number of aldehydes is 1. The summed E-state index contributed by atoms with van der Waals surface area (Å²) in [6.45, 7) is 0. The molecule has 5 heteroatoms. The summed E-state index contributed by atoms with van der Waals surface area (Å²) < 4.78 is 9.99. The van der Waals surface area contributed by atoms with Gasteiger partial charge in [-0.3, -0.25) is 0 Å². The Balaban J connectivity index is 2.55. The standard InChI is InChI=1S/C7H11BO4/c1-11-6-5(10)4(2-3-9)12-7(6)8/h3-7,10H,2H2,1H3/t4-,5-,6-,7-/m1/s1. The maximum absolute atomic E-state index is 10.1. The van der Waals surface area contributed by atoms with E-state index in [4.69, 9.17) is 17.3 Å². The number of hydrogen-bond acceptors (Lipinski definition) is 4. The van der Waals surface area contributed by atoms with Crippen LogP contribution in [0.2, 0.25) is 0 Å². The first-order chi connectivity index (χ1) is 5.70. The highest BCUT2D eigenvalue weighted by Crippen LogP contribution is 2.22. The summed E-state index contributed by atoms with van der Waals surface area (Å²) in [5.74, 6) is 0. The summed E-state index contributed by atoms with van der Waals surface area (Å²) in [6, 6.07) is -0.644. The van der Waals surface area contributed by atoms with Gasteiger partial charge in [0.2, 0.25) is 0 Å². The van der Waals surface area contributed by atoms with Gasteiger partial charge in [-0.2, -0.15) is 0 Å². The lowest BCUT2D eigenvalue weighted by molar-refractivity contribution is -0.111. The van der Waals surface area contributed by atoms with Gasteiger partial charge < -0.3 is 19.4 Å². The van der Waals surface area contributed by atoms with Crippen LogP contribution < -0.4 is 0 Å². The maximum Gasteiger partial charge on any atom is 0.122 e. The topological polar surface area (TPSA) is 55.8 Å². The van der Waals surface area contributed by atoms with Gasteiger partial charge in [0.15, 0.2) is 0 Å². The lowest BCUT2D eigenvalue weighted by Gasteiger charge is -2.15. The van der Waals surface area contributed by atoms with E-state index >= 15 is 0 Å². The Morgan fingerprint density at radius 3 is 2.83 bits per heavy atom. The molecule has 1 fully saturated rings. The van der Waals surface area contributed by atoms with Gasteiger partial charge in [0, 0.05) is 19.5 Å². The molecule has 1 saturated heterocycles. The van der Waals surface area contributed by atoms with Crippen LogP contribution in [0, 0.1) is 0 Å². The van der Waals surface area contributed by atoms with Crippen molar-refractivity contribution in [2.24, 2.45) is 0 Å². The second-order valence-electron chi connectivity index (χ2n) is 2.73. The summed E-state index contributed by atoms with van der Waals surface area (Å²) in [6.07, 6.45) is -1.03. The van der Waals surface area contributed by atoms with E-state index in [1.54, 1.807) is 0 Å². The zero-order valence-corrected chi connectivity index (χ0v) is 6.84. The van der Waals surface area contributed by atoms with Crippen molar-refractivity contribution in [2.45, 2.75) is 30.7 Å². The molecule has 4 atom stereocenters. The highest BCUT2D eigenvalue weighted by molar-refractivity contribution is 6.11. The van der Waals surface area contributed by atoms with E-state index in [1.165, 1.54) is 7.11 Å². The monoisotopic (exact) mass is 170 g/mol. The van der Waals surface area contributed by atoms with Crippen LogP contribution in [-0.4, -0.2) is 50.7 Å². The fourth-order valence-electron chi connectivity index (χ4n) is 1.33.